The van der Waals surface area contributed by atoms with Gasteiger partial charge in [-0.05, 0) is 18.8 Å². The first-order valence-electron chi connectivity index (χ1n) is 9.65. The van der Waals surface area contributed by atoms with Crippen molar-refractivity contribution >= 4 is 5.91 Å². The Bertz CT molecular complexity index is 572. The van der Waals surface area contributed by atoms with E-state index >= 15 is 0 Å². The molecule has 1 saturated carbocycles. The third-order valence-electron chi connectivity index (χ3n) is 5.81. The van der Waals surface area contributed by atoms with Crippen molar-refractivity contribution in [2.24, 2.45) is 13.0 Å². The zero-order valence-electron chi connectivity index (χ0n) is 15.8. The number of carbonyl (C=O) groups excluding carboxylic acids is 1. The maximum absolute atomic E-state index is 13.5. The minimum atomic E-state index is -0.375. The van der Waals surface area contributed by atoms with Crippen molar-refractivity contribution in [2.75, 3.05) is 26.3 Å². The van der Waals surface area contributed by atoms with Gasteiger partial charge in [0.05, 0.1) is 19.3 Å². The van der Waals surface area contributed by atoms with Crippen molar-refractivity contribution in [3.05, 3.63) is 18.2 Å². The number of rotatable bonds is 5. The Morgan fingerprint density at radius 1 is 1.24 bits per heavy atom. The first-order chi connectivity index (χ1) is 12.0. The van der Waals surface area contributed by atoms with E-state index in [1.807, 2.05) is 17.8 Å². The number of aryl methyl sites for hydroxylation is 1. The third kappa shape index (κ3) is 3.75. The molecule has 1 aromatic rings. The number of ether oxygens (including phenoxy) is 1. The van der Waals surface area contributed by atoms with E-state index in [0.29, 0.717) is 0 Å². The van der Waals surface area contributed by atoms with Crippen LogP contribution in [-0.4, -0.2) is 52.2 Å². The van der Waals surface area contributed by atoms with Crippen molar-refractivity contribution in [1.29, 1.82) is 0 Å². The second kappa shape index (κ2) is 7.87. The largest absolute Gasteiger partial charge is 0.379 e. The molecule has 140 valence electrons. The van der Waals surface area contributed by atoms with E-state index in [4.69, 9.17) is 4.74 Å². The molecule has 1 N–H and O–H groups in total. The highest BCUT2D eigenvalue weighted by Gasteiger charge is 2.46. The van der Waals surface area contributed by atoms with Gasteiger partial charge in [0.1, 0.15) is 11.4 Å². The molecule has 6 heteroatoms. The molecule has 6 nitrogen and oxygen atoms in total. The molecular formula is C19H32N4O2. The van der Waals surface area contributed by atoms with Crippen LogP contribution in [0.25, 0.3) is 0 Å². The van der Waals surface area contributed by atoms with Gasteiger partial charge in [-0.3, -0.25) is 9.69 Å². The van der Waals surface area contributed by atoms with Crippen LogP contribution in [0.3, 0.4) is 0 Å². The highest BCUT2D eigenvalue weighted by molar-refractivity contribution is 5.86. The summed E-state index contributed by atoms with van der Waals surface area (Å²) >= 11 is 0. The Hall–Kier alpha value is -1.40. The number of imidazole rings is 1. The lowest BCUT2D eigenvalue weighted by Crippen LogP contribution is -2.62. The van der Waals surface area contributed by atoms with Crippen molar-refractivity contribution < 1.29 is 9.53 Å². The van der Waals surface area contributed by atoms with Gasteiger partial charge in [0, 0.05) is 32.5 Å². The lowest BCUT2D eigenvalue weighted by Gasteiger charge is -2.47. The fourth-order valence-corrected chi connectivity index (χ4v) is 4.30. The van der Waals surface area contributed by atoms with Gasteiger partial charge in [-0.1, -0.05) is 33.1 Å². The standard InChI is InChI=1S/C19H32N4O2/c1-15(2)16(17-20-9-10-22(17)3)21-18(24)19(7-5-4-6-8-19)23-11-13-25-14-12-23/h9-10,15-16H,4-8,11-14H2,1-3H3,(H,21,24)/t16-/m0/s1. The predicted octanol–water partition coefficient (Wildman–Crippen LogP) is 2.27. The van der Waals surface area contributed by atoms with Crippen LogP contribution < -0.4 is 5.32 Å². The van der Waals surface area contributed by atoms with E-state index in [1.54, 1.807) is 6.20 Å². The molecule has 0 bridgehead atoms. The molecular weight excluding hydrogens is 316 g/mol. The summed E-state index contributed by atoms with van der Waals surface area (Å²) in [5.41, 5.74) is -0.375. The van der Waals surface area contributed by atoms with E-state index in [-0.39, 0.29) is 23.4 Å². The summed E-state index contributed by atoms with van der Waals surface area (Å²) in [5, 5.41) is 3.36. The molecule has 0 radical (unpaired) electrons. The third-order valence-corrected chi connectivity index (χ3v) is 5.81. The number of nitrogens with zero attached hydrogens (tertiary/aromatic N) is 3. The van der Waals surface area contributed by atoms with E-state index in [0.717, 1.165) is 57.8 Å². The smallest absolute Gasteiger partial charge is 0.241 e. The van der Waals surface area contributed by atoms with Crippen molar-refractivity contribution in [3.63, 3.8) is 0 Å². The van der Waals surface area contributed by atoms with Crippen LogP contribution >= 0.6 is 0 Å². The molecule has 2 fully saturated rings. The Morgan fingerprint density at radius 3 is 2.48 bits per heavy atom. The van der Waals surface area contributed by atoms with Gasteiger partial charge >= 0.3 is 0 Å². The Labute approximate surface area is 150 Å². The first-order valence-corrected chi connectivity index (χ1v) is 9.65. The highest BCUT2D eigenvalue weighted by Crippen LogP contribution is 2.35. The first kappa shape index (κ1) is 18.4. The molecule has 0 aromatic carbocycles. The summed E-state index contributed by atoms with van der Waals surface area (Å²) in [6.07, 6.45) is 9.12. The van der Waals surface area contributed by atoms with Crippen LogP contribution in [0.4, 0.5) is 0 Å². The molecule has 0 spiro atoms. The molecule has 1 amide bonds. The second-order valence-electron chi connectivity index (χ2n) is 7.78. The maximum Gasteiger partial charge on any atom is 0.241 e. The molecule has 1 atom stereocenters. The van der Waals surface area contributed by atoms with E-state index in [1.165, 1.54) is 6.42 Å². The maximum atomic E-state index is 13.5. The lowest BCUT2D eigenvalue weighted by molar-refractivity contribution is -0.141. The molecule has 1 aromatic heterocycles. The second-order valence-corrected chi connectivity index (χ2v) is 7.78. The van der Waals surface area contributed by atoms with Crippen LogP contribution in [0.1, 0.15) is 57.8 Å². The summed E-state index contributed by atoms with van der Waals surface area (Å²) in [7, 11) is 1.99. The van der Waals surface area contributed by atoms with Gasteiger partial charge < -0.3 is 14.6 Å². The van der Waals surface area contributed by atoms with Crippen LogP contribution in [0.5, 0.6) is 0 Å². The van der Waals surface area contributed by atoms with Crippen molar-refractivity contribution in [1.82, 2.24) is 19.8 Å². The van der Waals surface area contributed by atoms with Gasteiger partial charge in [0.15, 0.2) is 0 Å². The van der Waals surface area contributed by atoms with Gasteiger partial charge in [0.2, 0.25) is 5.91 Å². The number of morpholine rings is 1. The molecule has 1 saturated heterocycles. The number of hydrogen-bond donors (Lipinski definition) is 1. The Morgan fingerprint density at radius 2 is 1.92 bits per heavy atom. The minimum absolute atomic E-state index is 0.0626. The molecule has 2 heterocycles. The zero-order valence-corrected chi connectivity index (χ0v) is 15.8. The lowest BCUT2D eigenvalue weighted by atomic mass is 9.78. The van der Waals surface area contributed by atoms with Gasteiger partial charge in [-0.15, -0.1) is 0 Å². The number of nitrogens with one attached hydrogen (secondary N) is 1. The van der Waals surface area contributed by atoms with Crippen LogP contribution in [0.2, 0.25) is 0 Å². The number of carbonyl (C=O) groups is 1. The predicted molar refractivity (Wildman–Crippen MR) is 97.1 cm³/mol. The number of aromatic nitrogens is 2. The van der Waals surface area contributed by atoms with Crippen LogP contribution in [0, 0.1) is 5.92 Å². The van der Waals surface area contributed by atoms with E-state index < -0.39 is 0 Å². The number of amides is 1. The SMILES string of the molecule is CC(C)[C@H](NC(=O)C1(N2CCOCC2)CCCCC1)c1nccn1C. The fraction of sp³-hybridized carbons (Fsp3) is 0.789. The molecule has 3 rings (SSSR count). The summed E-state index contributed by atoms with van der Waals surface area (Å²) in [6.45, 7) is 7.43. The van der Waals surface area contributed by atoms with Gasteiger partial charge in [-0.25, -0.2) is 4.98 Å². The molecule has 2 aliphatic rings. The van der Waals surface area contributed by atoms with Crippen LogP contribution in [-0.2, 0) is 16.6 Å². The minimum Gasteiger partial charge on any atom is -0.379 e. The number of hydrogen-bond acceptors (Lipinski definition) is 4. The summed E-state index contributed by atoms with van der Waals surface area (Å²) in [6, 6.07) is -0.0626. The molecule has 1 aliphatic carbocycles. The molecule has 1 aliphatic heterocycles. The van der Waals surface area contributed by atoms with Crippen molar-refractivity contribution in [2.45, 2.75) is 57.5 Å². The molecule has 0 unspecified atom stereocenters. The van der Waals surface area contributed by atoms with E-state index in [2.05, 4.69) is 29.0 Å². The average molecular weight is 348 g/mol. The quantitative estimate of drug-likeness (QED) is 0.887. The van der Waals surface area contributed by atoms with Crippen molar-refractivity contribution in [3.8, 4) is 0 Å². The fourth-order valence-electron chi connectivity index (χ4n) is 4.30. The van der Waals surface area contributed by atoms with Gasteiger partial charge in [0.25, 0.3) is 0 Å². The Kier molecular flexibility index (Phi) is 5.79. The molecule has 25 heavy (non-hydrogen) atoms. The normalized spacial score (nSPS) is 22.7. The zero-order chi connectivity index (χ0) is 17.9. The van der Waals surface area contributed by atoms with Gasteiger partial charge in [-0.2, -0.15) is 0 Å². The Balaban J connectivity index is 1.82. The average Bonchev–Trinajstić information content (AvgIpc) is 3.06. The summed E-state index contributed by atoms with van der Waals surface area (Å²) in [4.78, 5) is 20.4. The monoisotopic (exact) mass is 348 g/mol. The highest BCUT2D eigenvalue weighted by atomic mass is 16.5. The van der Waals surface area contributed by atoms with Crippen LogP contribution in [0.15, 0.2) is 12.4 Å². The topological polar surface area (TPSA) is 59.4 Å². The van der Waals surface area contributed by atoms with E-state index in [9.17, 15) is 4.79 Å². The summed E-state index contributed by atoms with van der Waals surface area (Å²) < 4.78 is 7.53. The summed E-state index contributed by atoms with van der Waals surface area (Å²) in [5.74, 6) is 1.39.